The van der Waals surface area contributed by atoms with Gasteiger partial charge in [0.25, 0.3) is 0 Å². The summed E-state index contributed by atoms with van der Waals surface area (Å²) in [4.78, 5) is 14.8. The molecular formula is C18H22N4. The Balaban J connectivity index is 0.00000156. The quantitative estimate of drug-likeness (QED) is 0.722. The first-order valence-electron chi connectivity index (χ1n) is 7.85. The number of rotatable bonds is 2. The van der Waals surface area contributed by atoms with Crippen molar-refractivity contribution in [2.45, 2.75) is 19.8 Å². The molecule has 0 unspecified atom stereocenters. The van der Waals surface area contributed by atoms with Gasteiger partial charge in [-0.2, -0.15) is 0 Å². The third-order valence-electron chi connectivity index (χ3n) is 4.76. The molecule has 114 valence electrons. The number of hydrogen-bond donors (Lipinski definition) is 1. The van der Waals surface area contributed by atoms with E-state index in [1.807, 2.05) is 12.3 Å². The number of anilines is 1. The molecule has 4 heteroatoms. The van der Waals surface area contributed by atoms with Gasteiger partial charge < -0.3 is 9.88 Å². The van der Waals surface area contributed by atoms with E-state index in [1.54, 1.807) is 6.20 Å². The molecule has 1 N–H and O–H groups in total. The molecule has 0 radical (unpaired) electrons. The summed E-state index contributed by atoms with van der Waals surface area (Å²) >= 11 is 0. The van der Waals surface area contributed by atoms with Gasteiger partial charge in [0, 0.05) is 37.7 Å². The van der Waals surface area contributed by atoms with Crippen molar-refractivity contribution in [1.82, 2.24) is 15.0 Å². The topological polar surface area (TPSA) is 44.8 Å². The van der Waals surface area contributed by atoms with Gasteiger partial charge in [-0.1, -0.05) is 12.2 Å². The van der Waals surface area contributed by atoms with Crippen LogP contribution < -0.4 is 4.90 Å². The highest BCUT2D eigenvalue weighted by Crippen LogP contribution is 2.29. The third-order valence-corrected chi connectivity index (χ3v) is 4.76. The van der Waals surface area contributed by atoms with E-state index in [1.165, 1.54) is 18.4 Å². The fourth-order valence-electron chi connectivity index (χ4n) is 3.38. The van der Waals surface area contributed by atoms with E-state index in [0.717, 1.165) is 40.8 Å². The van der Waals surface area contributed by atoms with Gasteiger partial charge in [-0.3, -0.25) is 4.98 Å². The van der Waals surface area contributed by atoms with E-state index in [-0.39, 0.29) is 1.43 Å². The van der Waals surface area contributed by atoms with E-state index >= 15 is 0 Å². The summed E-state index contributed by atoms with van der Waals surface area (Å²) in [6.07, 6.45) is 6.05. The first-order valence-corrected chi connectivity index (χ1v) is 7.85. The van der Waals surface area contributed by atoms with Crippen molar-refractivity contribution in [2.75, 3.05) is 18.0 Å². The van der Waals surface area contributed by atoms with Crippen molar-refractivity contribution in [2.24, 2.45) is 5.92 Å². The van der Waals surface area contributed by atoms with Crippen LogP contribution in [-0.4, -0.2) is 28.0 Å². The number of aromatic nitrogens is 3. The average molecular weight is 294 g/mol. The van der Waals surface area contributed by atoms with Crippen LogP contribution >= 0.6 is 0 Å². The predicted octanol–water partition coefficient (Wildman–Crippen LogP) is 4.15. The molecule has 22 heavy (non-hydrogen) atoms. The highest BCUT2D eigenvalue weighted by atomic mass is 15.2. The van der Waals surface area contributed by atoms with Crippen molar-refractivity contribution < 1.29 is 1.43 Å². The molecule has 4 heterocycles. The van der Waals surface area contributed by atoms with Crippen molar-refractivity contribution in [3.8, 4) is 0 Å². The lowest BCUT2D eigenvalue weighted by atomic mass is 9.91. The van der Waals surface area contributed by atoms with E-state index in [2.05, 4.69) is 40.5 Å². The van der Waals surface area contributed by atoms with Gasteiger partial charge in [-0.05, 0) is 43.9 Å². The Labute approximate surface area is 131 Å². The molecule has 3 aromatic heterocycles. The van der Waals surface area contributed by atoms with E-state index in [9.17, 15) is 0 Å². The summed E-state index contributed by atoms with van der Waals surface area (Å²) in [7, 11) is 0. The summed E-state index contributed by atoms with van der Waals surface area (Å²) in [6.45, 7) is 8.35. The summed E-state index contributed by atoms with van der Waals surface area (Å²) in [5, 5.41) is 2.28. The van der Waals surface area contributed by atoms with Crippen LogP contribution in [0.15, 0.2) is 42.7 Å². The fraction of sp³-hybridized carbons (Fsp3) is 0.333. The first-order chi connectivity index (χ1) is 10.7. The van der Waals surface area contributed by atoms with Gasteiger partial charge in [0.1, 0.15) is 11.5 Å². The zero-order valence-corrected chi connectivity index (χ0v) is 12.8. The molecule has 3 aromatic rings. The Hall–Kier alpha value is -2.36. The van der Waals surface area contributed by atoms with Crippen LogP contribution in [0.3, 0.4) is 0 Å². The Kier molecular flexibility index (Phi) is 3.10. The van der Waals surface area contributed by atoms with Crippen molar-refractivity contribution in [1.29, 1.82) is 0 Å². The number of nitrogens with one attached hydrogen (secondary N) is 1. The van der Waals surface area contributed by atoms with Crippen LogP contribution in [0.1, 0.15) is 21.2 Å². The van der Waals surface area contributed by atoms with Crippen LogP contribution in [0, 0.1) is 5.92 Å². The molecule has 0 amide bonds. The van der Waals surface area contributed by atoms with E-state index in [4.69, 9.17) is 4.98 Å². The van der Waals surface area contributed by atoms with Crippen LogP contribution in [0.25, 0.3) is 21.9 Å². The minimum absolute atomic E-state index is 0. The number of H-pyrrole nitrogens is 1. The van der Waals surface area contributed by atoms with Crippen LogP contribution in [-0.2, 0) is 0 Å². The van der Waals surface area contributed by atoms with E-state index in [0.29, 0.717) is 5.92 Å². The molecule has 4 nitrogen and oxygen atoms in total. The second-order valence-corrected chi connectivity index (χ2v) is 6.22. The molecule has 1 aliphatic heterocycles. The largest absolute Gasteiger partial charge is 0.357 e. The number of piperidine rings is 1. The van der Waals surface area contributed by atoms with Crippen molar-refractivity contribution in [3.05, 3.63) is 42.7 Å². The van der Waals surface area contributed by atoms with Gasteiger partial charge in [0.05, 0.1) is 5.52 Å². The number of nitrogens with zero attached hydrogens (tertiary/aromatic N) is 3. The number of allylic oxidation sites excluding steroid dienone is 1. The minimum Gasteiger partial charge on any atom is -0.357 e. The molecule has 0 spiro atoms. The lowest BCUT2D eigenvalue weighted by Crippen LogP contribution is -2.34. The van der Waals surface area contributed by atoms with Crippen molar-refractivity contribution in [3.63, 3.8) is 0 Å². The summed E-state index contributed by atoms with van der Waals surface area (Å²) in [5.74, 6) is 1.73. The number of hydrogen-bond acceptors (Lipinski definition) is 3. The Morgan fingerprint density at radius 3 is 2.86 bits per heavy atom. The zero-order chi connectivity index (χ0) is 15.1. The minimum atomic E-state index is 0. The molecule has 1 aliphatic rings. The second-order valence-electron chi connectivity index (χ2n) is 6.22. The lowest BCUT2D eigenvalue weighted by molar-refractivity contribution is 0.458. The third kappa shape index (κ3) is 2.15. The smallest absolute Gasteiger partial charge is 0.140 e. The fourth-order valence-corrected chi connectivity index (χ4v) is 3.38. The maximum atomic E-state index is 4.83. The van der Waals surface area contributed by atoms with Crippen LogP contribution in [0.2, 0.25) is 0 Å². The number of fused-ring (bicyclic) bond motifs is 3. The SMILES string of the molecule is C=C(C)C1CCN(c2ccc3c(n2)[nH]c2ccncc23)CC1.[HH]. The van der Waals surface area contributed by atoms with Gasteiger partial charge in [-0.15, -0.1) is 0 Å². The van der Waals surface area contributed by atoms with E-state index < -0.39 is 0 Å². The first kappa shape index (κ1) is 13.3. The monoisotopic (exact) mass is 294 g/mol. The highest BCUT2D eigenvalue weighted by molar-refractivity contribution is 6.05. The Morgan fingerprint density at radius 1 is 1.27 bits per heavy atom. The van der Waals surface area contributed by atoms with Gasteiger partial charge in [0.15, 0.2) is 0 Å². The van der Waals surface area contributed by atoms with Crippen LogP contribution in [0.4, 0.5) is 5.82 Å². The summed E-state index contributed by atoms with van der Waals surface area (Å²) < 4.78 is 0. The molecule has 0 aliphatic carbocycles. The molecule has 0 saturated carbocycles. The maximum Gasteiger partial charge on any atom is 0.140 e. The molecule has 0 aromatic carbocycles. The lowest BCUT2D eigenvalue weighted by Gasteiger charge is -2.33. The molecule has 0 bridgehead atoms. The number of aromatic amines is 1. The normalized spacial score (nSPS) is 16.5. The standard InChI is InChI=1S/C18H20N4.H2/c1-12(2)13-6-9-22(10-7-13)17-4-3-14-15-11-19-8-5-16(15)20-18(14)21-17;/h3-5,8,11,13H,1,6-7,9-10H2,2H3,(H,20,21);1H. The molecular weight excluding hydrogens is 272 g/mol. The van der Waals surface area contributed by atoms with Crippen LogP contribution in [0.5, 0.6) is 0 Å². The number of pyridine rings is 2. The molecule has 4 rings (SSSR count). The summed E-state index contributed by atoms with van der Waals surface area (Å²) in [6, 6.07) is 6.28. The highest BCUT2D eigenvalue weighted by Gasteiger charge is 2.20. The zero-order valence-electron chi connectivity index (χ0n) is 12.8. The predicted molar refractivity (Wildman–Crippen MR) is 93.3 cm³/mol. The van der Waals surface area contributed by atoms with Gasteiger partial charge in [-0.25, -0.2) is 4.98 Å². The molecule has 1 saturated heterocycles. The molecule has 0 atom stereocenters. The average Bonchev–Trinajstić information content (AvgIpc) is 2.92. The Bertz CT molecular complexity index is 846. The van der Waals surface area contributed by atoms with Gasteiger partial charge in [0.2, 0.25) is 0 Å². The van der Waals surface area contributed by atoms with Crippen molar-refractivity contribution >= 4 is 27.8 Å². The van der Waals surface area contributed by atoms with Gasteiger partial charge >= 0.3 is 0 Å². The second kappa shape index (κ2) is 5.13. The molecule has 1 fully saturated rings. The maximum absolute atomic E-state index is 4.83. The summed E-state index contributed by atoms with van der Waals surface area (Å²) in [5.41, 5.74) is 3.35. The Morgan fingerprint density at radius 2 is 2.09 bits per heavy atom.